The van der Waals surface area contributed by atoms with E-state index in [2.05, 4.69) is 30.0 Å². The number of alkyl halides is 3. The zero-order valence-electron chi connectivity index (χ0n) is 19.1. The average molecular weight is 433 g/mol. The van der Waals surface area contributed by atoms with E-state index in [1.807, 2.05) is 52.0 Å². The summed E-state index contributed by atoms with van der Waals surface area (Å²) in [5.74, 6) is 0. The van der Waals surface area contributed by atoms with E-state index in [0.29, 0.717) is 25.1 Å². The van der Waals surface area contributed by atoms with Crippen molar-refractivity contribution in [3.8, 4) is 0 Å². The van der Waals surface area contributed by atoms with Crippen molar-refractivity contribution in [2.75, 3.05) is 13.1 Å². The van der Waals surface area contributed by atoms with Gasteiger partial charge in [-0.15, -0.1) is 13.2 Å². The average Bonchev–Trinajstić information content (AvgIpc) is 2.77. The summed E-state index contributed by atoms with van der Waals surface area (Å²) in [5, 5.41) is 3.41. The van der Waals surface area contributed by atoms with E-state index in [1.165, 1.54) is 12.1 Å². The van der Waals surface area contributed by atoms with Gasteiger partial charge in [0.1, 0.15) is 0 Å². The van der Waals surface area contributed by atoms with Crippen LogP contribution in [0.25, 0.3) is 0 Å². The van der Waals surface area contributed by atoms with Crippen molar-refractivity contribution < 1.29 is 13.2 Å². The molecule has 2 nitrogen and oxygen atoms in total. The lowest BCUT2D eigenvalue weighted by atomic mass is 9.82. The van der Waals surface area contributed by atoms with Crippen LogP contribution >= 0.6 is 0 Å². The van der Waals surface area contributed by atoms with Crippen LogP contribution < -0.4 is 5.32 Å². The van der Waals surface area contributed by atoms with Crippen LogP contribution in [0.15, 0.2) is 90.5 Å². The number of nitrogens with zero attached hydrogens (tertiary/aromatic N) is 1. The lowest BCUT2D eigenvalue weighted by Gasteiger charge is -2.35. The summed E-state index contributed by atoms with van der Waals surface area (Å²) < 4.78 is 40.0. The van der Waals surface area contributed by atoms with E-state index in [0.717, 1.165) is 17.2 Å². The summed E-state index contributed by atoms with van der Waals surface area (Å²) in [6.07, 6.45) is 7.20. The Bertz CT molecular complexity index is 801. The zero-order valence-corrected chi connectivity index (χ0v) is 19.1. The summed E-state index contributed by atoms with van der Waals surface area (Å²) in [6, 6.07) is 5.50. The van der Waals surface area contributed by atoms with Crippen LogP contribution in [0, 0.1) is 0 Å². The molecule has 0 aliphatic heterocycles. The molecule has 0 spiro atoms. The van der Waals surface area contributed by atoms with Gasteiger partial charge in [0.25, 0.3) is 0 Å². The van der Waals surface area contributed by atoms with E-state index in [9.17, 15) is 13.2 Å². The van der Waals surface area contributed by atoms with Crippen molar-refractivity contribution >= 4 is 6.21 Å². The van der Waals surface area contributed by atoms with Gasteiger partial charge in [0, 0.05) is 6.21 Å². The lowest BCUT2D eigenvalue weighted by Crippen LogP contribution is -2.45. The molecule has 1 aromatic rings. The van der Waals surface area contributed by atoms with Crippen LogP contribution in [0.3, 0.4) is 0 Å². The number of aliphatic imine (C=N–C) groups is 1. The SMILES string of the molecule is C=C.C=C/C(=C\C=C/C)CC(CN=C/C(C)=C\C)(NCC)c1cccc(C(F)(F)F)c1. The van der Waals surface area contributed by atoms with Gasteiger partial charge < -0.3 is 5.32 Å². The molecular weight excluding hydrogens is 397 g/mol. The molecule has 0 aliphatic rings. The van der Waals surface area contributed by atoms with Gasteiger partial charge >= 0.3 is 6.18 Å². The predicted molar refractivity (Wildman–Crippen MR) is 129 cm³/mol. The van der Waals surface area contributed by atoms with E-state index in [1.54, 1.807) is 18.4 Å². The van der Waals surface area contributed by atoms with Gasteiger partial charge in [0.05, 0.1) is 17.6 Å². The number of nitrogens with one attached hydrogen (secondary N) is 1. The molecule has 1 aromatic carbocycles. The fourth-order valence-electron chi connectivity index (χ4n) is 2.99. The number of rotatable bonds is 10. The maximum absolute atomic E-state index is 13.3. The number of hydrogen-bond donors (Lipinski definition) is 1. The first-order valence-corrected chi connectivity index (χ1v) is 10.2. The van der Waals surface area contributed by atoms with Gasteiger partial charge in [-0.2, -0.15) is 13.2 Å². The molecule has 1 unspecified atom stereocenters. The smallest absolute Gasteiger partial charge is 0.306 e. The molecule has 1 rings (SSSR count). The van der Waals surface area contributed by atoms with E-state index in [-0.39, 0.29) is 0 Å². The van der Waals surface area contributed by atoms with Crippen molar-refractivity contribution in [1.29, 1.82) is 0 Å². The van der Waals surface area contributed by atoms with E-state index in [4.69, 9.17) is 0 Å². The molecule has 0 saturated heterocycles. The maximum Gasteiger partial charge on any atom is 0.416 e. The Balaban J connectivity index is 0.00000436. The fraction of sp³-hybridized carbons (Fsp3) is 0.346. The normalized spacial score (nSPS) is 14.9. The van der Waals surface area contributed by atoms with Crippen molar-refractivity contribution in [2.45, 2.75) is 45.8 Å². The maximum atomic E-state index is 13.3. The molecule has 0 aromatic heterocycles. The predicted octanol–water partition coefficient (Wildman–Crippen LogP) is 7.43. The van der Waals surface area contributed by atoms with Gasteiger partial charge in [-0.05, 0) is 62.6 Å². The van der Waals surface area contributed by atoms with Crippen LogP contribution in [-0.4, -0.2) is 19.3 Å². The van der Waals surface area contributed by atoms with Crippen LogP contribution in [0.1, 0.15) is 45.2 Å². The Labute approximate surface area is 185 Å². The topological polar surface area (TPSA) is 24.4 Å². The summed E-state index contributed by atoms with van der Waals surface area (Å²) in [7, 11) is 0. The Hall–Kier alpha value is -2.66. The van der Waals surface area contributed by atoms with Gasteiger partial charge in [0.15, 0.2) is 0 Å². The highest BCUT2D eigenvalue weighted by Crippen LogP contribution is 2.35. The number of hydrogen-bond acceptors (Lipinski definition) is 2. The Morgan fingerprint density at radius 3 is 2.32 bits per heavy atom. The van der Waals surface area contributed by atoms with Crippen molar-refractivity contribution in [1.82, 2.24) is 5.32 Å². The molecule has 1 N–H and O–H groups in total. The lowest BCUT2D eigenvalue weighted by molar-refractivity contribution is -0.137. The van der Waals surface area contributed by atoms with Crippen molar-refractivity contribution in [3.63, 3.8) is 0 Å². The molecule has 0 bridgehead atoms. The molecule has 31 heavy (non-hydrogen) atoms. The first kappa shape index (κ1) is 28.3. The second-order valence-corrected chi connectivity index (χ2v) is 6.84. The van der Waals surface area contributed by atoms with Gasteiger partial charge in [0.2, 0.25) is 0 Å². The first-order chi connectivity index (χ1) is 14.7. The third kappa shape index (κ3) is 9.35. The minimum atomic E-state index is -4.40. The Morgan fingerprint density at radius 2 is 1.81 bits per heavy atom. The largest absolute Gasteiger partial charge is 0.416 e. The van der Waals surface area contributed by atoms with Crippen LogP contribution in [0.4, 0.5) is 13.2 Å². The fourth-order valence-corrected chi connectivity index (χ4v) is 2.99. The van der Waals surface area contributed by atoms with Crippen LogP contribution in [-0.2, 0) is 11.7 Å². The summed E-state index contributed by atoms with van der Waals surface area (Å²) in [6.45, 7) is 18.5. The molecule has 0 aliphatic carbocycles. The monoisotopic (exact) mass is 432 g/mol. The molecule has 0 fully saturated rings. The molecule has 170 valence electrons. The first-order valence-electron chi connectivity index (χ1n) is 10.2. The molecule has 0 saturated carbocycles. The number of halogens is 3. The Kier molecular flexibility index (Phi) is 13.1. The second kappa shape index (κ2) is 14.4. The highest BCUT2D eigenvalue weighted by Gasteiger charge is 2.35. The van der Waals surface area contributed by atoms with Crippen LogP contribution in [0.2, 0.25) is 0 Å². The second-order valence-electron chi connectivity index (χ2n) is 6.84. The van der Waals surface area contributed by atoms with Crippen LogP contribution in [0.5, 0.6) is 0 Å². The number of likely N-dealkylation sites (N-methyl/N-ethyl adjacent to an activating group) is 1. The Morgan fingerprint density at radius 1 is 1.16 bits per heavy atom. The van der Waals surface area contributed by atoms with Gasteiger partial charge in [-0.25, -0.2) is 0 Å². The third-order valence-electron chi connectivity index (χ3n) is 4.64. The highest BCUT2D eigenvalue weighted by atomic mass is 19.4. The van der Waals surface area contributed by atoms with Crippen molar-refractivity contribution in [3.05, 3.63) is 96.7 Å². The van der Waals surface area contributed by atoms with Crippen molar-refractivity contribution in [2.24, 2.45) is 4.99 Å². The molecule has 0 amide bonds. The number of benzene rings is 1. The van der Waals surface area contributed by atoms with E-state index >= 15 is 0 Å². The molecule has 0 heterocycles. The standard InChI is InChI=1S/C24H31F3N2.C2H4/c1-6-10-12-20(8-3)16-23(29-9-4,18-28-17-19(5)7-2)21-13-11-14-22(15-21)24(25,26)27;1-2/h6-8,10-15,17,29H,3,9,16,18H2,1-2,4-5H3;1-2H2/b10-6-,19-7-,20-12+,28-17?;. The summed E-state index contributed by atoms with van der Waals surface area (Å²) in [5.41, 5.74) is 1.01. The number of allylic oxidation sites excluding steroid dienone is 6. The highest BCUT2D eigenvalue weighted by molar-refractivity contribution is 5.77. The molecule has 1 atom stereocenters. The summed E-state index contributed by atoms with van der Waals surface area (Å²) >= 11 is 0. The van der Waals surface area contributed by atoms with Gasteiger partial charge in [-0.3, -0.25) is 4.99 Å². The van der Waals surface area contributed by atoms with Gasteiger partial charge in [-0.1, -0.05) is 56.0 Å². The third-order valence-corrected chi connectivity index (χ3v) is 4.64. The van der Waals surface area contributed by atoms with E-state index < -0.39 is 17.3 Å². The minimum Gasteiger partial charge on any atom is -0.306 e. The molecule has 5 heteroatoms. The summed E-state index contributed by atoms with van der Waals surface area (Å²) in [4.78, 5) is 4.55. The molecule has 0 radical (unpaired) electrons. The zero-order chi connectivity index (χ0) is 23.9. The quantitative estimate of drug-likeness (QED) is 0.232. The minimum absolute atomic E-state index is 0.300. The molecular formula is C26H35F3N2.